The first kappa shape index (κ1) is 21.0. The zero-order valence-corrected chi connectivity index (χ0v) is 18.5. The van der Waals surface area contributed by atoms with Gasteiger partial charge in [-0.05, 0) is 48.6 Å². The fourth-order valence-corrected chi connectivity index (χ4v) is 6.18. The Morgan fingerprint density at radius 1 is 1.15 bits per heavy atom. The van der Waals surface area contributed by atoms with Crippen molar-refractivity contribution in [1.82, 2.24) is 14.9 Å². The highest BCUT2D eigenvalue weighted by Crippen LogP contribution is 2.63. The molecular formula is C24H22F3N3O2S. The van der Waals surface area contributed by atoms with E-state index in [4.69, 9.17) is 10.1 Å². The van der Waals surface area contributed by atoms with Gasteiger partial charge in [-0.15, -0.1) is 0 Å². The van der Waals surface area contributed by atoms with Crippen molar-refractivity contribution in [3.8, 4) is 10.6 Å². The molecule has 1 N–H and O–H groups in total. The number of pyridine rings is 1. The molecule has 0 atom stereocenters. The Labute approximate surface area is 192 Å². The van der Waals surface area contributed by atoms with E-state index in [0.29, 0.717) is 40.6 Å². The van der Waals surface area contributed by atoms with Crippen LogP contribution < -0.4 is 0 Å². The molecule has 5 nitrogen and oxygen atoms in total. The van der Waals surface area contributed by atoms with Gasteiger partial charge in [0.1, 0.15) is 21.2 Å². The van der Waals surface area contributed by atoms with E-state index < -0.39 is 11.9 Å². The number of carbonyl (C=O) groups is 1. The standard InChI is InChI=1S/C24H22F3N3O2S/c25-17-7-13(10-30-11-14(12-30)22(31)32)1-2-16(17)20-28-18-3-4-19(29-21(18)33-20)23(5-6-23)15-8-24(26,27)9-15/h1-4,7,14-15H,5-6,8-12H2,(H,31,32). The lowest BCUT2D eigenvalue weighted by Gasteiger charge is -2.40. The maximum absolute atomic E-state index is 14.9. The number of carboxylic acids is 1. The van der Waals surface area contributed by atoms with Gasteiger partial charge in [0.25, 0.3) is 0 Å². The molecule has 2 aliphatic carbocycles. The Morgan fingerprint density at radius 3 is 2.55 bits per heavy atom. The summed E-state index contributed by atoms with van der Waals surface area (Å²) < 4.78 is 41.8. The number of likely N-dealkylation sites (tertiary alicyclic amines) is 1. The second-order valence-electron chi connectivity index (χ2n) is 9.70. The van der Waals surface area contributed by atoms with Crippen molar-refractivity contribution in [2.24, 2.45) is 11.8 Å². The summed E-state index contributed by atoms with van der Waals surface area (Å²) in [5.41, 5.74) is 2.49. The van der Waals surface area contributed by atoms with Crippen molar-refractivity contribution in [3.63, 3.8) is 0 Å². The maximum atomic E-state index is 14.9. The van der Waals surface area contributed by atoms with Crippen molar-refractivity contribution in [1.29, 1.82) is 0 Å². The molecular weight excluding hydrogens is 451 g/mol. The van der Waals surface area contributed by atoms with Gasteiger partial charge in [0, 0.05) is 49.1 Å². The molecule has 2 saturated carbocycles. The van der Waals surface area contributed by atoms with Gasteiger partial charge in [-0.25, -0.2) is 23.1 Å². The Morgan fingerprint density at radius 2 is 1.91 bits per heavy atom. The molecule has 2 aromatic heterocycles. The zero-order chi connectivity index (χ0) is 23.0. The van der Waals surface area contributed by atoms with Crippen molar-refractivity contribution in [2.45, 2.75) is 43.6 Å². The van der Waals surface area contributed by atoms with Crippen LogP contribution in [0.15, 0.2) is 30.3 Å². The summed E-state index contributed by atoms with van der Waals surface area (Å²) in [5, 5.41) is 9.52. The predicted molar refractivity (Wildman–Crippen MR) is 118 cm³/mol. The van der Waals surface area contributed by atoms with Crippen LogP contribution in [0, 0.1) is 17.7 Å². The van der Waals surface area contributed by atoms with Crippen molar-refractivity contribution in [2.75, 3.05) is 13.1 Å². The third kappa shape index (κ3) is 3.61. The van der Waals surface area contributed by atoms with E-state index >= 15 is 0 Å². The van der Waals surface area contributed by atoms with Crippen molar-refractivity contribution in [3.05, 3.63) is 47.4 Å². The molecule has 0 radical (unpaired) electrons. The molecule has 33 heavy (non-hydrogen) atoms. The molecule has 6 rings (SSSR count). The summed E-state index contributed by atoms with van der Waals surface area (Å²) in [6, 6.07) is 8.78. The monoisotopic (exact) mass is 473 g/mol. The number of aromatic nitrogens is 2. The number of carboxylic acid groups (broad SMARTS) is 1. The van der Waals surface area contributed by atoms with Crippen LogP contribution in [-0.4, -0.2) is 45.0 Å². The van der Waals surface area contributed by atoms with E-state index in [1.807, 2.05) is 23.1 Å². The molecule has 0 amide bonds. The minimum absolute atomic E-state index is 0.0213. The summed E-state index contributed by atoms with van der Waals surface area (Å²) >= 11 is 1.31. The van der Waals surface area contributed by atoms with E-state index in [-0.39, 0.29) is 35.9 Å². The molecule has 3 aliphatic rings. The van der Waals surface area contributed by atoms with Gasteiger partial charge >= 0.3 is 5.97 Å². The number of nitrogens with zero attached hydrogens (tertiary/aromatic N) is 3. The summed E-state index contributed by atoms with van der Waals surface area (Å²) in [7, 11) is 0. The van der Waals surface area contributed by atoms with Gasteiger partial charge in [-0.2, -0.15) is 0 Å². The van der Waals surface area contributed by atoms with E-state index in [0.717, 1.165) is 24.1 Å². The van der Waals surface area contributed by atoms with Crippen LogP contribution in [-0.2, 0) is 16.8 Å². The molecule has 172 valence electrons. The van der Waals surface area contributed by atoms with Crippen molar-refractivity contribution < 1.29 is 23.1 Å². The summed E-state index contributed by atoms with van der Waals surface area (Å²) in [4.78, 5) is 22.9. The molecule has 1 aliphatic heterocycles. The minimum Gasteiger partial charge on any atom is -0.481 e. The molecule has 3 aromatic rings. The highest BCUT2D eigenvalue weighted by atomic mass is 32.1. The van der Waals surface area contributed by atoms with Crippen molar-refractivity contribution >= 4 is 27.7 Å². The highest BCUT2D eigenvalue weighted by molar-refractivity contribution is 7.21. The third-order valence-electron chi connectivity index (χ3n) is 7.40. The number of rotatable bonds is 6. The second kappa shape index (κ2) is 7.24. The van der Waals surface area contributed by atoms with Crippen LogP contribution in [0.25, 0.3) is 20.9 Å². The molecule has 0 bridgehead atoms. The molecule has 1 saturated heterocycles. The molecule has 0 unspecified atom stereocenters. The Hall–Kier alpha value is -2.52. The maximum Gasteiger partial charge on any atom is 0.309 e. The molecule has 9 heteroatoms. The van der Waals surface area contributed by atoms with Gasteiger partial charge in [-0.1, -0.05) is 17.4 Å². The highest BCUT2D eigenvalue weighted by Gasteiger charge is 2.61. The van der Waals surface area contributed by atoms with Crippen LogP contribution in [0.5, 0.6) is 0 Å². The third-order valence-corrected chi connectivity index (χ3v) is 8.40. The Bertz CT molecular complexity index is 1260. The quantitative estimate of drug-likeness (QED) is 0.540. The van der Waals surface area contributed by atoms with Crippen LogP contribution in [0.4, 0.5) is 13.2 Å². The molecule has 3 heterocycles. The summed E-state index contributed by atoms with van der Waals surface area (Å²) in [5.74, 6) is -4.08. The number of alkyl halides is 2. The first-order chi connectivity index (χ1) is 15.7. The predicted octanol–water partition coefficient (Wildman–Crippen LogP) is 5.09. The first-order valence-electron chi connectivity index (χ1n) is 11.1. The SMILES string of the molecule is O=C(O)C1CN(Cc2ccc(-c3nc4ccc(C5(C6CC(F)(F)C6)CC5)nc4s3)c(F)c2)C1. The summed E-state index contributed by atoms with van der Waals surface area (Å²) in [6.07, 6.45) is 1.65. The number of fused-ring (bicyclic) bond motifs is 1. The lowest BCUT2D eigenvalue weighted by Crippen LogP contribution is -2.49. The number of thiazole rings is 1. The van der Waals surface area contributed by atoms with Gasteiger partial charge in [0.15, 0.2) is 0 Å². The molecule has 3 fully saturated rings. The van der Waals surface area contributed by atoms with Crippen LogP contribution >= 0.6 is 11.3 Å². The van der Waals surface area contributed by atoms with E-state index in [9.17, 15) is 18.0 Å². The van der Waals surface area contributed by atoms with Gasteiger partial charge < -0.3 is 5.11 Å². The average Bonchev–Trinajstić information content (AvgIpc) is 3.40. The van der Waals surface area contributed by atoms with E-state index in [1.165, 1.54) is 17.4 Å². The first-order valence-corrected chi connectivity index (χ1v) is 11.9. The second-order valence-corrected chi connectivity index (χ2v) is 10.7. The van der Waals surface area contributed by atoms with Crippen LogP contribution in [0.3, 0.4) is 0 Å². The topological polar surface area (TPSA) is 66.3 Å². The molecule has 1 aromatic carbocycles. The van der Waals surface area contributed by atoms with Gasteiger partial charge in [-0.3, -0.25) is 9.69 Å². The van der Waals surface area contributed by atoms with Gasteiger partial charge in [0.05, 0.1) is 5.92 Å². The Kier molecular flexibility index (Phi) is 4.61. The number of benzene rings is 1. The normalized spacial score (nSPS) is 22.2. The Balaban J connectivity index is 1.21. The van der Waals surface area contributed by atoms with E-state index in [2.05, 4.69) is 4.98 Å². The average molecular weight is 474 g/mol. The lowest BCUT2D eigenvalue weighted by molar-refractivity contribution is -0.147. The number of hydrogen-bond donors (Lipinski definition) is 1. The minimum atomic E-state index is -2.54. The number of halogens is 3. The number of aliphatic carboxylic acids is 1. The molecule has 0 spiro atoms. The lowest BCUT2D eigenvalue weighted by atomic mass is 9.69. The largest absolute Gasteiger partial charge is 0.481 e. The fourth-order valence-electron chi connectivity index (χ4n) is 5.21. The smallest absolute Gasteiger partial charge is 0.309 e. The zero-order valence-electron chi connectivity index (χ0n) is 17.7. The van der Waals surface area contributed by atoms with E-state index in [1.54, 1.807) is 6.07 Å². The summed E-state index contributed by atoms with van der Waals surface area (Å²) in [6.45, 7) is 1.46. The number of hydrogen-bond acceptors (Lipinski definition) is 5. The van der Waals surface area contributed by atoms with Gasteiger partial charge in [0.2, 0.25) is 5.92 Å². The van der Waals surface area contributed by atoms with Crippen LogP contribution in [0.2, 0.25) is 0 Å². The van der Waals surface area contributed by atoms with Crippen LogP contribution in [0.1, 0.15) is 36.9 Å². The fraction of sp³-hybridized carbons (Fsp3) is 0.458.